The zero-order valence-corrected chi connectivity index (χ0v) is 9.55. The molecule has 2 heterocycles. The van der Waals surface area contributed by atoms with Crippen LogP contribution in [0.3, 0.4) is 0 Å². The molecule has 1 fully saturated rings. The molecule has 0 aliphatic carbocycles. The van der Waals surface area contributed by atoms with Crippen LogP contribution < -0.4 is 4.90 Å². The van der Waals surface area contributed by atoms with E-state index in [2.05, 4.69) is 16.0 Å². The van der Waals surface area contributed by atoms with Crippen LogP contribution in [0.25, 0.3) is 0 Å². The van der Waals surface area contributed by atoms with E-state index in [1.54, 1.807) is 18.5 Å². The van der Waals surface area contributed by atoms with Gasteiger partial charge in [0.15, 0.2) is 0 Å². The van der Waals surface area contributed by atoms with Gasteiger partial charge in [0.25, 0.3) is 0 Å². The minimum Gasteiger partial charge on any atom is -0.372 e. The number of morpholine rings is 1. The van der Waals surface area contributed by atoms with Crippen LogP contribution in [0.2, 0.25) is 0 Å². The van der Waals surface area contributed by atoms with Crippen LogP contribution >= 0.6 is 0 Å². The molecule has 1 aliphatic rings. The second-order valence-electron chi connectivity index (χ2n) is 4.17. The lowest BCUT2D eigenvalue weighted by atomic mass is 10.1. The van der Waals surface area contributed by atoms with Gasteiger partial charge in [0.2, 0.25) is 0 Å². The first-order chi connectivity index (χ1) is 7.70. The highest BCUT2D eigenvalue weighted by Gasteiger charge is 2.23. The second-order valence-corrected chi connectivity index (χ2v) is 4.17. The lowest BCUT2D eigenvalue weighted by Gasteiger charge is -2.36. The van der Waals surface area contributed by atoms with Crippen molar-refractivity contribution in [1.82, 2.24) is 4.98 Å². The third-order valence-electron chi connectivity index (χ3n) is 2.68. The number of pyridine rings is 1. The van der Waals surface area contributed by atoms with Gasteiger partial charge in [-0.25, -0.2) is 0 Å². The summed E-state index contributed by atoms with van der Waals surface area (Å²) < 4.78 is 5.67. The third kappa shape index (κ3) is 2.15. The molecule has 0 aromatic carbocycles. The first-order valence-corrected chi connectivity index (χ1v) is 5.45. The Morgan fingerprint density at radius 1 is 1.44 bits per heavy atom. The van der Waals surface area contributed by atoms with Crippen molar-refractivity contribution in [3.05, 3.63) is 24.0 Å². The minimum atomic E-state index is 0.190. The molecule has 0 radical (unpaired) electrons. The van der Waals surface area contributed by atoms with Crippen molar-refractivity contribution in [3.8, 4) is 6.07 Å². The van der Waals surface area contributed by atoms with E-state index in [0.29, 0.717) is 5.56 Å². The SMILES string of the molecule is C[C@@H]1CN(c2cnccc2C#N)C[C@H](C)O1. The number of hydrogen-bond acceptors (Lipinski definition) is 4. The molecule has 0 amide bonds. The van der Waals surface area contributed by atoms with Gasteiger partial charge in [-0.1, -0.05) is 0 Å². The fourth-order valence-corrected chi connectivity index (χ4v) is 2.11. The van der Waals surface area contributed by atoms with Gasteiger partial charge >= 0.3 is 0 Å². The lowest BCUT2D eigenvalue weighted by molar-refractivity contribution is -0.00524. The molecule has 0 unspecified atom stereocenters. The van der Waals surface area contributed by atoms with E-state index >= 15 is 0 Å². The Hall–Kier alpha value is -1.60. The zero-order chi connectivity index (χ0) is 11.5. The molecule has 2 rings (SSSR count). The molecule has 0 N–H and O–H groups in total. The highest BCUT2D eigenvalue weighted by atomic mass is 16.5. The van der Waals surface area contributed by atoms with Gasteiger partial charge in [0.1, 0.15) is 6.07 Å². The van der Waals surface area contributed by atoms with Gasteiger partial charge in [-0.2, -0.15) is 5.26 Å². The Balaban J connectivity index is 2.26. The van der Waals surface area contributed by atoms with Crippen molar-refractivity contribution < 1.29 is 4.74 Å². The summed E-state index contributed by atoms with van der Waals surface area (Å²) >= 11 is 0. The van der Waals surface area contributed by atoms with Gasteiger partial charge in [0, 0.05) is 19.3 Å². The number of ether oxygens (including phenoxy) is 1. The predicted octanol–water partition coefficient (Wildman–Crippen LogP) is 1.57. The monoisotopic (exact) mass is 217 g/mol. The van der Waals surface area contributed by atoms with Gasteiger partial charge in [0.05, 0.1) is 29.7 Å². The first kappa shape index (κ1) is 10.9. The Morgan fingerprint density at radius 3 is 2.75 bits per heavy atom. The maximum atomic E-state index is 9.05. The molecule has 16 heavy (non-hydrogen) atoms. The quantitative estimate of drug-likeness (QED) is 0.716. The van der Waals surface area contributed by atoms with Crippen LogP contribution in [-0.4, -0.2) is 30.3 Å². The van der Waals surface area contributed by atoms with Crippen LogP contribution in [0.1, 0.15) is 19.4 Å². The smallest absolute Gasteiger partial charge is 0.101 e. The van der Waals surface area contributed by atoms with Crippen LogP contribution in [0.4, 0.5) is 5.69 Å². The number of aromatic nitrogens is 1. The van der Waals surface area contributed by atoms with Gasteiger partial charge in [-0.15, -0.1) is 0 Å². The Kier molecular flexibility index (Phi) is 3.07. The highest BCUT2D eigenvalue weighted by molar-refractivity contribution is 5.57. The Morgan fingerprint density at radius 2 is 2.12 bits per heavy atom. The summed E-state index contributed by atoms with van der Waals surface area (Å²) in [6.07, 6.45) is 3.78. The first-order valence-electron chi connectivity index (χ1n) is 5.45. The molecule has 0 saturated carbocycles. The van der Waals surface area contributed by atoms with Crippen molar-refractivity contribution in [2.45, 2.75) is 26.1 Å². The van der Waals surface area contributed by atoms with Crippen molar-refractivity contribution in [3.63, 3.8) is 0 Å². The summed E-state index contributed by atoms with van der Waals surface area (Å²) in [5.41, 5.74) is 1.59. The van der Waals surface area contributed by atoms with E-state index in [1.807, 2.05) is 13.8 Å². The highest BCUT2D eigenvalue weighted by Crippen LogP contribution is 2.22. The topological polar surface area (TPSA) is 49.2 Å². The van der Waals surface area contributed by atoms with Crippen LogP contribution in [0.15, 0.2) is 18.5 Å². The second kappa shape index (κ2) is 4.50. The Bertz CT molecular complexity index is 403. The summed E-state index contributed by atoms with van der Waals surface area (Å²) in [5, 5.41) is 9.05. The molecule has 1 saturated heterocycles. The number of nitriles is 1. The van der Waals surface area contributed by atoms with Crippen molar-refractivity contribution in [2.24, 2.45) is 0 Å². The molecule has 4 heteroatoms. The van der Waals surface area contributed by atoms with Gasteiger partial charge < -0.3 is 9.64 Å². The normalized spacial score (nSPS) is 25.2. The maximum Gasteiger partial charge on any atom is 0.101 e. The molecule has 2 atom stereocenters. The Labute approximate surface area is 95.5 Å². The van der Waals surface area contributed by atoms with E-state index in [9.17, 15) is 0 Å². The summed E-state index contributed by atoms with van der Waals surface area (Å²) in [7, 11) is 0. The molecule has 1 aromatic rings. The predicted molar refractivity (Wildman–Crippen MR) is 61.2 cm³/mol. The van der Waals surface area contributed by atoms with Gasteiger partial charge in [-0.3, -0.25) is 4.98 Å². The van der Waals surface area contributed by atoms with Crippen LogP contribution in [0, 0.1) is 11.3 Å². The van der Waals surface area contributed by atoms with Crippen molar-refractivity contribution in [2.75, 3.05) is 18.0 Å². The lowest BCUT2D eigenvalue weighted by Crippen LogP contribution is -2.45. The number of nitrogens with zero attached hydrogens (tertiary/aromatic N) is 3. The fraction of sp³-hybridized carbons (Fsp3) is 0.500. The summed E-state index contributed by atoms with van der Waals surface area (Å²) in [5.74, 6) is 0. The molecule has 1 aromatic heterocycles. The molecule has 84 valence electrons. The maximum absolute atomic E-state index is 9.05. The minimum absolute atomic E-state index is 0.190. The van der Waals surface area contributed by atoms with Crippen molar-refractivity contribution in [1.29, 1.82) is 5.26 Å². The molecular weight excluding hydrogens is 202 g/mol. The number of anilines is 1. The van der Waals surface area contributed by atoms with E-state index in [-0.39, 0.29) is 12.2 Å². The van der Waals surface area contributed by atoms with Crippen LogP contribution in [0.5, 0.6) is 0 Å². The number of hydrogen-bond donors (Lipinski definition) is 0. The molecular formula is C12H15N3O. The standard InChI is InChI=1S/C12H15N3O/c1-9-7-15(8-10(2)16-9)12-6-14-4-3-11(12)5-13/h3-4,6,9-10H,7-8H2,1-2H3/t9-,10+. The fourth-order valence-electron chi connectivity index (χ4n) is 2.11. The molecule has 4 nitrogen and oxygen atoms in total. The summed E-state index contributed by atoms with van der Waals surface area (Å²) in [4.78, 5) is 6.26. The van der Waals surface area contributed by atoms with Crippen LogP contribution in [-0.2, 0) is 4.74 Å². The van der Waals surface area contributed by atoms with E-state index in [1.165, 1.54) is 0 Å². The average Bonchev–Trinajstić information content (AvgIpc) is 2.27. The number of rotatable bonds is 1. The average molecular weight is 217 g/mol. The third-order valence-corrected chi connectivity index (χ3v) is 2.68. The zero-order valence-electron chi connectivity index (χ0n) is 9.55. The molecule has 0 bridgehead atoms. The van der Waals surface area contributed by atoms with Gasteiger partial charge in [-0.05, 0) is 19.9 Å². The van der Waals surface area contributed by atoms with E-state index in [0.717, 1.165) is 18.8 Å². The van der Waals surface area contributed by atoms with E-state index in [4.69, 9.17) is 10.00 Å². The molecule has 1 aliphatic heterocycles. The summed E-state index contributed by atoms with van der Waals surface area (Å²) in [6, 6.07) is 3.95. The van der Waals surface area contributed by atoms with Crippen molar-refractivity contribution >= 4 is 5.69 Å². The molecule has 0 spiro atoms. The summed E-state index contributed by atoms with van der Waals surface area (Å²) in [6.45, 7) is 5.71. The largest absolute Gasteiger partial charge is 0.372 e. The van der Waals surface area contributed by atoms with E-state index < -0.39 is 0 Å².